The molecule has 2 rings (SSSR count). The Morgan fingerprint density at radius 2 is 2.05 bits per heavy atom. The Morgan fingerprint density at radius 3 is 2.57 bits per heavy atom. The van der Waals surface area contributed by atoms with Crippen molar-refractivity contribution in [3.63, 3.8) is 0 Å². The van der Waals surface area contributed by atoms with Crippen LogP contribution in [0.25, 0.3) is 0 Å². The Hall–Kier alpha value is -1.58. The second-order valence-corrected chi connectivity index (χ2v) is 7.02. The summed E-state index contributed by atoms with van der Waals surface area (Å²) in [4.78, 5) is 13.7. The predicted octanol–water partition coefficient (Wildman–Crippen LogP) is 4.03. The molecule has 0 radical (unpaired) electrons. The molecule has 0 amide bonds. The van der Waals surface area contributed by atoms with E-state index in [9.17, 15) is 14.3 Å². The van der Waals surface area contributed by atoms with Gasteiger partial charge in [0, 0.05) is 11.2 Å². The molecule has 0 spiro atoms. The lowest BCUT2D eigenvalue weighted by molar-refractivity contribution is -0.140. The number of benzene rings is 1. The predicted molar refractivity (Wildman–Crippen MR) is 82.3 cm³/mol. The number of carboxylic acids is 1. The lowest BCUT2D eigenvalue weighted by Crippen LogP contribution is -2.58. The van der Waals surface area contributed by atoms with Crippen LogP contribution in [0.5, 0.6) is 0 Å². The molecule has 1 aromatic rings. The van der Waals surface area contributed by atoms with E-state index >= 15 is 0 Å². The van der Waals surface area contributed by atoms with Crippen LogP contribution >= 0.6 is 0 Å². The lowest BCUT2D eigenvalue weighted by Gasteiger charge is -2.51. The summed E-state index contributed by atoms with van der Waals surface area (Å²) >= 11 is 0. The largest absolute Gasteiger partial charge is 0.480 e. The smallest absolute Gasteiger partial charge is 0.326 e. The summed E-state index contributed by atoms with van der Waals surface area (Å²) in [6.07, 6.45) is 0.806. The molecule has 1 aliphatic rings. The topological polar surface area (TPSA) is 40.5 Å². The third kappa shape index (κ3) is 2.76. The van der Waals surface area contributed by atoms with Crippen LogP contribution in [0.1, 0.15) is 52.5 Å². The average molecular weight is 293 g/mol. The molecule has 1 N–H and O–H groups in total. The van der Waals surface area contributed by atoms with Crippen LogP contribution in [-0.4, -0.2) is 22.7 Å². The lowest BCUT2D eigenvalue weighted by atomic mass is 9.78. The monoisotopic (exact) mass is 293 g/mol. The molecular weight excluding hydrogens is 269 g/mol. The highest BCUT2D eigenvalue weighted by Gasteiger charge is 2.43. The van der Waals surface area contributed by atoms with E-state index in [0.29, 0.717) is 0 Å². The van der Waals surface area contributed by atoms with Gasteiger partial charge in [-0.3, -0.25) is 0 Å². The van der Waals surface area contributed by atoms with E-state index in [1.807, 2.05) is 18.7 Å². The molecule has 0 aliphatic carbocycles. The number of hydrogen-bond donors (Lipinski definition) is 1. The number of fused-ring (bicyclic) bond motifs is 1. The summed E-state index contributed by atoms with van der Waals surface area (Å²) in [5.74, 6) is -0.920. The Balaban J connectivity index is 2.62. The molecular formula is C17H24FNO2. The van der Waals surface area contributed by atoms with Crippen molar-refractivity contribution in [1.29, 1.82) is 0 Å². The van der Waals surface area contributed by atoms with Crippen molar-refractivity contribution in [2.45, 2.75) is 58.5 Å². The second-order valence-electron chi connectivity index (χ2n) is 7.02. The molecule has 0 bridgehead atoms. The van der Waals surface area contributed by atoms with Gasteiger partial charge in [0.05, 0.1) is 0 Å². The summed E-state index contributed by atoms with van der Waals surface area (Å²) < 4.78 is 13.6. The van der Waals surface area contributed by atoms with Gasteiger partial charge in [0.2, 0.25) is 0 Å². The first-order valence-electron chi connectivity index (χ1n) is 7.46. The summed E-state index contributed by atoms with van der Waals surface area (Å²) in [5.41, 5.74) is 1.47. The number of nitrogens with zero attached hydrogens (tertiary/aromatic N) is 1. The summed E-state index contributed by atoms with van der Waals surface area (Å²) in [5, 5.41) is 9.66. The SMILES string of the molecule is CC1CC(C)(C)N(C(C(=O)O)C(C)C)c2ccc(F)cc21. The zero-order valence-corrected chi connectivity index (χ0v) is 13.4. The fourth-order valence-electron chi connectivity index (χ4n) is 3.64. The fourth-order valence-corrected chi connectivity index (χ4v) is 3.64. The highest BCUT2D eigenvalue weighted by Crippen LogP contribution is 2.45. The van der Waals surface area contributed by atoms with E-state index in [4.69, 9.17) is 0 Å². The number of aliphatic carboxylic acids is 1. The standard InChI is InChI=1S/C17H24FNO2/c1-10(2)15(16(20)21)19-14-7-6-12(18)8-13(14)11(3)9-17(19,4)5/h6-8,10-11,15H,9H2,1-5H3,(H,20,21). The molecule has 116 valence electrons. The zero-order valence-electron chi connectivity index (χ0n) is 13.4. The Kier molecular flexibility index (Phi) is 4.00. The van der Waals surface area contributed by atoms with Crippen LogP contribution in [-0.2, 0) is 4.79 Å². The van der Waals surface area contributed by atoms with Gasteiger partial charge in [0.1, 0.15) is 11.9 Å². The van der Waals surface area contributed by atoms with Crippen molar-refractivity contribution in [2.24, 2.45) is 5.92 Å². The van der Waals surface area contributed by atoms with Gasteiger partial charge in [-0.2, -0.15) is 0 Å². The molecule has 1 heterocycles. The highest BCUT2D eigenvalue weighted by atomic mass is 19.1. The molecule has 2 atom stereocenters. The van der Waals surface area contributed by atoms with Crippen molar-refractivity contribution in [3.8, 4) is 0 Å². The molecule has 0 saturated carbocycles. The van der Waals surface area contributed by atoms with E-state index in [1.54, 1.807) is 12.1 Å². The van der Waals surface area contributed by atoms with Gasteiger partial charge in [-0.05, 0) is 55.9 Å². The van der Waals surface area contributed by atoms with Gasteiger partial charge in [-0.25, -0.2) is 9.18 Å². The van der Waals surface area contributed by atoms with Crippen LogP contribution in [0.2, 0.25) is 0 Å². The Labute approximate surface area is 125 Å². The quantitative estimate of drug-likeness (QED) is 0.914. The summed E-state index contributed by atoms with van der Waals surface area (Å²) in [6.45, 7) is 10.0. The first-order chi connectivity index (χ1) is 9.65. The summed E-state index contributed by atoms with van der Waals surface area (Å²) in [7, 11) is 0. The first-order valence-corrected chi connectivity index (χ1v) is 7.46. The van der Waals surface area contributed by atoms with E-state index in [0.717, 1.165) is 17.7 Å². The third-order valence-electron chi connectivity index (χ3n) is 4.40. The molecule has 0 saturated heterocycles. The van der Waals surface area contributed by atoms with Gasteiger partial charge in [-0.15, -0.1) is 0 Å². The molecule has 4 heteroatoms. The Morgan fingerprint density at radius 1 is 1.43 bits per heavy atom. The third-order valence-corrected chi connectivity index (χ3v) is 4.40. The van der Waals surface area contributed by atoms with E-state index in [2.05, 4.69) is 20.8 Å². The van der Waals surface area contributed by atoms with E-state index in [1.165, 1.54) is 6.07 Å². The average Bonchev–Trinajstić information content (AvgIpc) is 2.33. The van der Waals surface area contributed by atoms with E-state index < -0.39 is 12.0 Å². The van der Waals surface area contributed by atoms with Crippen molar-refractivity contribution in [3.05, 3.63) is 29.6 Å². The van der Waals surface area contributed by atoms with E-state index in [-0.39, 0.29) is 23.2 Å². The van der Waals surface area contributed by atoms with Gasteiger partial charge < -0.3 is 10.0 Å². The number of hydrogen-bond acceptors (Lipinski definition) is 2. The molecule has 21 heavy (non-hydrogen) atoms. The van der Waals surface area contributed by atoms with Gasteiger partial charge in [0.25, 0.3) is 0 Å². The van der Waals surface area contributed by atoms with Gasteiger partial charge in [0.15, 0.2) is 0 Å². The molecule has 1 aromatic carbocycles. The van der Waals surface area contributed by atoms with Crippen LogP contribution in [0.4, 0.5) is 10.1 Å². The second kappa shape index (κ2) is 5.32. The fraction of sp³-hybridized carbons (Fsp3) is 0.588. The maximum absolute atomic E-state index is 13.6. The van der Waals surface area contributed by atoms with Gasteiger partial charge >= 0.3 is 5.97 Å². The van der Waals surface area contributed by atoms with Crippen molar-refractivity contribution >= 4 is 11.7 Å². The number of halogens is 1. The van der Waals surface area contributed by atoms with Crippen molar-refractivity contribution in [1.82, 2.24) is 0 Å². The van der Waals surface area contributed by atoms with Crippen LogP contribution < -0.4 is 4.90 Å². The van der Waals surface area contributed by atoms with Crippen LogP contribution in [0.3, 0.4) is 0 Å². The first kappa shape index (κ1) is 15.8. The van der Waals surface area contributed by atoms with Gasteiger partial charge in [-0.1, -0.05) is 20.8 Å². The minimum absolute atomic E-state index is 0.0342. The number of carboxylic acid groups (broad SMARTS) is 1. The molecule has 1 aliphatic heterocycles. The zero-order chi connectivity index (χ0) is 15.9. The number of carbonyl (C=O) groups is 1. The normalized spacial score (nSPS) is 22.0. The highest BCUT2D eigenvalue weighted by molar-refractivity contribution is 5.80. The number of rotatable bonds is 3. The molecule has 0 fully saturated rings. The van der Waals surface area contributed by atoms with Crippen molar-refractivity contribution in [2.75, 3.05) is 4.90 Å². The maximum atomic E-state index is 13.6. The summed E-state index contributed by atoms with van der Waals surface area (Å²) in [6, 6.07) is 4.07. The van der Waals surface area contributed by atoms with Crippen LogP contribution in [0, 0.1) is 11.7 Å². The maximum Gasteiger partial charge on any atom is 0.326 e. The number of anilines is 1. The van der Waals surface area contributed by atoms with Crippen LogP contribution in [0.15, 0.2) is 18.2 Å². The minimum atomic E-state index is -0.831. The molecule has 3 nitrogen and oxygen atoms in total. The Bertz CT molecular complexity index is 554. The molecule has 0 aromatic heterocycles. The minimum Gasteiger partial charge on any atom is -0.480 e. The van der Waals surface area contributed by atoms with Crippen molar-refractivity contribution < 1.29 is 14.3 Å². The molecule has 2 unspecified atom stereocenters.